The predicted octanol–water partition coefficient (Wildman–Crippen LogP) is 3.44. The van der Waals surface area contributed by atoms with Crippen LogP contribution in [0.4, 0.5) is 0 Å². The van der Waals surface area contributed by atoms with E-state index in [9.17, 15) is 9.59 Å². The maximum atomic E-state index is 12.7. The van der Waals surface area contributed by atoms with Crippen molar-refractivity contribution in [1.29, 1.82) is 0 Å². The van der Waals surface area contributed by atoms with E-state index in [0.29, 0.717) is 18.7 Å². The van der Waals surface area contributed by atoms with Gasteiger partial charge in [0.15, 0.2) is 0 Å². The van der Waals surface area contributed by atoms with Gasteiger partial charge in [-0.05, 0) is 25.5 Å². The molecular weight excluding hydrogens is 278 g/mol. The lowest BCUT2D eigenvalue weighted by Gasteiger charge is -2.25. The number of esters is 1. The SMILES string of the molecule is CCCCCN(CC(C)C(=O)OC)C(=O)c1ccc(C)cc1. The summed E-state index contributed by atoms with van der Waals surface area (Å²) in [5, 5.41) is 0. The van der Waals surface area contributed by atoms with Gasteiger partial charge in [-0.25, -0.2) is 0 Å². The molecule has 122 valence electrons. The lowest BCUT2D eigenvalue weighted by molar-refractivity contribution is -0.145. The van der Waals surface area contributed by atoms with Gasteiger partial charge in [-0.2, -0.15) is 0 Å². The highest BCUT2D eigenvalue weighted by Crippen LogP contribution is 2.12. The lowest BCUT2D eigenvalue weighted by Crippen LogP contribution is -2.38. The molecule has 4 heteroatoms. The number of hydrogen-bond acceptors (Lipinski definition) is 3. The van der Waals surface area contributed by atoms with Gasteiger partial charge >= 0.3 is 5.97 Å². The molecule has 0 heterocycles. The van der Waals surface area contributed by atoms with E-state index >= 15 is 0 Å². The average molecular weight is 305 g/mol. The molecule has 0 spiro atoms. The number of benzene rings is 1. The number of methoxy groups -OCH3 is 1. The van der Waals surface area contributed by atoms with Crippen LogP contribution in [0.5, 0.6) is 0 Å². The van der Waals surface area contributed by atoms with Gasteiger partial charge in [-0.1, -0.05) is 44.4 Å². The zero-order valence-electron chi connectivity index (χ0n) is 14.1. The largest absolute Gasteiger partial charge is 0.469 e. The first kappa shape index (κ1) is 18.2. The smallest absolute Gasteiger partial charge is 0.310 e. The molecule has 1 rings (SSSR count). The maximum Gasteiger partial charge on any atom is 0.310 e. The lowest BCUT2D eigenvalue weighted by atomic mass is 10.1. The highest BCUT2D eigenvalue weighted by molar-refractivity contribution is 5.94. The molecule has 0 aliphatic rings. The molecule has 22 heavy (non-hydrogen) atoms. The summed E-state index contributed by atoms with van der Waals surface area (Å²) in [5.74, 6) is -0.620. The molecular formula is C18H27NO3. The third-order valence-corrected chi connectivity index (χ3v) is 3.72. The van der Waals surface area contributed by atoms with Gasteiger partial charge in [0.1, 0.15) is 0 Å². The summed E-state index contributed by atoms with van der Waals surface area (Å²) in [5.41, 5.74) is 1.79. The summed E-state index contributed by atoms with van der Waals surface area (Å²) >= 11 is 0. The first-order chi connectivity index (χ1) is 10.5. The standard InChI is InChI=1S/C18H27NO3/c1-5-6-7-12-19(13-15(3)18(21)22-4)17(20)16-10-8-14(2)9-11-16/h8-11,15H,5-7,12-13H2,1-4H3. The Balaban J connectivity index is 2.81. The molecule has 1 atom stereocenters. The normalized spacial score (nSPS) is 11.8. The van der Waals surface area contributed by atoms with E-state index in [1.165, 1.54) is 7.11 Å². The van der Waals surface area contributed by atoms with Crippen molar-refractivity contribution in [3.05, 3.63) is 35.4 Å². The molecule has 0 aliphatic carbocycles. The molecule has 1 aromatic rings. The van der Waals surface area contributed by atoms with E-state index < -0.39 is 0 Å². The van der Waals surface area contributed by atoms with E-state index in [0.717, 1.165) is 24.8 Å². The molecule has 1 unspecified atom stereocenters. The molecule has 0 saturated heterocycles. The summed E-state index contributed by atoms with van der Waals surface area (Å²) in [6.45, 7) is 6.97. The van der Waals surface area contributed by atoms with Gasteiger partial charge in [-0.15, -0.1) is 0 Å². The van der Waals surface area contributed by atoms with Crippen molar-refractivity contribution in [2.24, 2.45) is 5.92 Å². The fourth-order valence-corrected chi connectivity index (χ4v) is 2.31. The minimum Gasteiger partial charge on any atom is -0.469 e. The number of amides is 1. The zero-order chi connectivity index (χ0) is 16.5. The van der Waals surface area contributed by atoms with Crippen LogP contribution in [0.3, 0.4) is 0 Å². The Hall–Kier alpha value is -1.84. The number of hydrogen-bond donors (Lipinski definition) is 0. The topological polar surface area (TPSA) is 46.6 Å². The van der Waals surface area contributed by atoms with E-state index in [2.05, 4.69) is 6.92 Å². The van der Waals surface area contributed by atoms with Crippen molar-refractivity contribution >= 4 is 11.9 Å². The zero-order valence-corrected chi connectivity index (χ0v) is 14.1. The second-order valence-electron chi connectivity index (χ2n) is 5.75. The predicted molar refractivity (Wildman–Crippen MR) is 87.8 cm³/mol. The van der Waals surface area contributed by atoms with Crippen molar-refractivity contribution in [2.45, 2.75) is 40.0 Å². The van der Waals surface area contributed by atoms with Gasteiger partial charge in [-0.3, -0.25) is 9.59 Å². The first-order valence-corrected chi connectivity index (χ1v) is 7.93. The van der Waals surface area contributed by atoms with E-state index in [-0.39, 0.29) is 17.8 Å². The molecule has 4 nitrogen and oxygen atoms in total. The van der Waals surface area contributed by atoms with Gasteiger partial charge < -0.3 is 9.64 Å². The molecule has 0 aliphatic heterocycles. The fourth-order valence-electron chi connectivity index (χ4n) is 2.31. The minimum absolute atomic E-state index is 0.0214. The average Bonchev–Trinajstić information content (AvgIpc) is 2.53. The molecule has 0 saturated carbocycles. The van der Waals surface area contributed by atoms with Crippen molar-refractivity contribution < 1.29 is 14.3 Å². The maximum absolute atomic E-state index is 12.7. The van der Waals surface area contributed by atoms with Crippen molar-refractivity contribution in [1.82, 2.24) is 4.90 Å². The van der Waals surface area contributed by atoms with Crippen LogP contribution in [0.1, 0.15) is 49.0 Å². The molecule has 1 amide bonds. The Bertz CT molecular complexity index is 482. The Morgan fingerprint density at radius 1 is 1.18 bits per heavy atom. The van der Waals surface area contributed by atoms with Crippen LogP contribution in [0.25, 0.3) is 0 Å². The minimum atomic E-state index is -0.318. The summed E-state index contributed by atoms with van der Waals surface area (Å²) in [7, 11) is 1.38. The summed E-state index contributed by atoms with van der Waals surface area (Å²) in [6, 6.07) is 7.54. The number of unbranched alkanes of at least 4 members (excludes halogenated alkanes) is 2. The number of rotatable bonds is 8. The summed E-state index contributed by atoms with van der Waals surface area (Å²) in [6.07, 6.45) is 3.12. The van der Waals surface area contributed by atoms with Crippen LogP contribution in [-0.4, -0.2) is 37.0 Å². The second-order valence-corrected chi connectivity index (χ2v) is 5.75. The van der Waals surface area contributed by atoms with E-state index in [1.807, 2.05) is 31.2 Å². The number of carbonyl (C=O) groups excluding carboxylic acids is 2. The number of carbonyl (C=O) groups is 2. The molecule has 1 aromatic carbocycles. The molecule has 0 bridgehead atoms. The van der Waals surface area contributed by atoms with Gasteiger partial charge in [0.2, 0.25) is 0 Å². The Kier molecular flexibility index (Phi) is 7.64. The van der Waals surface area contributed by atoms with Crippen LogP contribution in [0, 0.1) is 12.8 Å². The fraction of sp³-hybridized carbons (Fsp3) is 0.556. The third-order valence-electron chi connectivity index (χ3n) is 3.72. The van der Waals surface area contributed by atoms with Crippen molar-refractivity contribution in [2.75, 3.05) is 20.2 Å². The Morgan fingerprint density at radius 3 is 2.36 bits per heavy atom. The number of ether oxygens (including phenoxy) is 1. The van der Waals surface area contributed by atoms with Crippen molar-refractivity contribution in [3.63, 3.8) is 0 Å². The van der Waals surface area contributed by atoms with E-state index in [1.54, 1.807) is 11.8 Å². The quantitative estimate of drug-likeness (QED) is 0.546. The number of aryl methyl sites for hydroxylation is 1. The first-order valence-electron chi connectivity index (χ1n) is 7.93. The molecule has 0 N–H and O–H groups in total. The van der Waals surface area contributed by atoms with Crippen LogP contribution in [-0.2, 0) is 9.53 Å². The van der Waals surface area contributed by atoms with Crippen LogP contribution in [0.15, 0.2) is 24.3 Å². The van der Waals surface area contributed by atoms with Gasteiger partial charge in [0, 0.05) is 18.7 Å². The highest BCUT2D eigenvalue weighted by Gasteiger charge is 2.22. The van der Waals surface area contributed by atoms with Crippen LogP contribution in [0.2, 0.25) is 0 Å². The van der Waals surface area contributed by atoms with E-state index in [4.69, 9.17) is 4.74 Å². The van der Waals surface area contributed by atoms with Gasteiger partial charge in [0.05, 0.1) is 13.0 Å². The Morgan fingerprint density at radius 2 is 1.82 bits per heavy atom. The number of nitrogens with zero attached hydrogens (tertiary/aromatic N) is 1. The monoisotopic (exact) mass is 305 g/mol. The molecule has 0 aromatic heterocycles. The van der Waals surface area contributed by atoms with Crippen molar-refractivity contribution in [3.8, 4) is 0 Å². The molecule has 0 fully saturated rings. The highest BCUT2D eigenvalue weighted by atomic mass is 16.5. The van der Waals surface area contributed by atoms with Crippen LogP contribution >= 0.6 is 0 Å². The Labute approximate surface area is 133 Å². The third kappa shape index (κ3) is 5.51. The summed E-state index contributed by atoms with van der Waals surface area (Å²) < 4.78 is 4.76. The molecule has 0 radical (unpaired) electrons. The van der Waals surface area contributed by atoms with Gasteiger partial charge in [0.25, 0.3) is 5.91 Å². The second kappa shape index (κ2) is 9.23. The van der Waals surface area contributed by atoms with Crippen LogP contribution < -0.4 is 0 Å². The summed E-state index contributed by atoms with van der Waals surface area (Å²) in [4.78, 5) is 26.1.